The van der Waals surface area contributed by atoms with Crippen molar-refractivity contribution >= 4 is 21.8 Å². The molecule has 0 amide bonds. The number of para-hydroxylation sites is 2. The van der Waals surface area contributed by atoms with Crippen LogP contribution in [0.5, 0.6) is 11.5 Å². The molecule has 0 bridgehead atoms. The zero-order chi connectivity index (χ0) is 17.6. The smallest absolute Gasteiger partial charge is 0.145 e. The number of benzene rings is 2. The summed E-state index contributed by atoms with van der Waals surface area (Å²) in [6.45, 7) is 0.930. The summed E-state index contributed by atoms with van der Waals surface area (Å²) in [5.41, 5.74) is 1.75. The summed E-state index contributed by atoms with van der Waals surface area (Å²) in [6, 6.07) is 19.8. The van der Waals surface area contributed by atoms with E-state index in [2.05, 4.69) is 9.97 Å². The van der Waals surface area contributed by atoms with E-state index in [0.717, 1.165) is 33.3 Å². The number of aromatic nitrogens is 2. The normalized spacial score (nSPS) is 11.2. The second-order valence-corrected chi connectivity index (χ2v) is 5.76. The number of rotatable bonds is 6. The molecule has 2 heterocycles. The molecule has 2 aromatic carbocycles. The molecule has 4 aromatic rings. The van der Waals surface area contributed by atoms with Crippen LogP contribution in [0.1, 0.15) is 0 Å². The Balaban J connectivity index is 1.34. The minimum absolute atomic E-state index is 0.465. The fourth-order valence-electron chi connectivity index (χ4n) is 2.80. The highest BCUT2D eigenvalue weighted by atomic mass is 16.5. The molecule has 0 atom stereocenters. The maximum absolute atomic E-state index is 5.82. The number of fused-ring (bicyclic) bond motifs is 2. The minimum atomic E-state index is 0.465. The number of ether oxygens (including phenoxy) is 2. The van der Waals surface area contributed by atoms with Crippen molar-refractivity contribution in [3.63, 3.8) is 0 Å². The Hall–Kier alpha value is -3.40. The van der Waals surface area contributed by atoms with Gasteiger partial charge in [-0.1, -0.05) is 36.4 Å². The van der Waals surface area contributed by atoms with Crippen LogP contribution in [0.2, 0.25) is 0 Å². The van der Waals surface area contributed by atoms with E-state index in [4.69, 9.17) is 9.47 Å². The van der Waals surface area contributed by atoms with E-state index in [1.807, 2.05) is 72.8 Å². The molecule has 2 aromatic heterocycles. The summed E-state index contributed by atoms with van der Waals surface area (Å²) < 4.78 is 11.6. The zero-order valence-electron chi connectivity index (χ0n) is 14.2. The lowest BCUT2D eigenvalue weighted by molar-refractivity contribution is 0.354. The first kappa shape index (κ1) is 16.1. The van der Waals surface area contributed by atoms with Crippen molar-refractivity contribution in [3.8, 4) is 11.5 Å². The van der Waals surface area contributed by atoms with Crippen LogP contribution in [0.15, 0.2) is 85.2 Å². The van der Waals surface area contributed by atoms with Gasteiger partial charge in [-0.05, 0) is 36.4 Å². The molecular formula is C22H18N2O2. The summed E-state index contributed by atoms with van der Waals surface area (Å²) in [4.78, 5) is 8.77. The first-order valence-corrected chi connectivity index (χ1v) is 8.50. The fraction of sp³-hybridized carbons (Fsp3) is 0.0909. The third-order valence-corrected chi connectivity index (χ3v) is 4.03. The van der Waals surface area contributed by atoms with Crippen LogP contribution in [0, 0.1) is 0 Å². The molecule has 0 aliphatic heterocycles. The summed E-state index contributed by atoms with van der Waals surface area (Å²) in [7, 11) is 0. The van der Waals surface area contributed by atoms with Gasteiger partial charge in [-0.3, -0.25) is 9.97 Å². The molecule has 0 unspecified atom stereocenters. The van der Waals surface area contributed by atoms with Crippen molar-refractivity contribution < 1.29 is 9.47 Å². The van der Waals surface area contributed by atoms with Crippen LogP contribution in [-0.4, -0.2) is 23.2 Å². The highest BCUT2D eigenvalue weighted by molar-refractivity contribution is 5.84. The largest absolute Gasteiger partial charge is 0.487 e. The van der Waals surface area contributed by atoms with Gasteiger partial charge < -0.3 is 9.47 Å². The third kappa shape index (κ3) is 3.49. The van der Waals surface area contributed by atoms with Gasteiger partial charge in [0.25, 0.3) is 0 Å². The van der Waals surface area contributed by atoms with Crippen molar-refractivity contribution in [2.45, 2.75) is 0 Å². The Morgan fingerprint density at radius 2 is 1.08 bits per heavy atom. The van der Waals surface area contributed by atoms with Crippen LogP contribution >= 0.6 is 0 Å². The molecule has 128 valence electrons. The summed E-state index contributed by atoms with van der Waals surface area (Å²) in [5.74, 6) is 1.57. The van der Waals surface area contributed by atoms with Gasteiger partial charge >= 0.3 is 0 Å². The molecule has 0 fully saturated rings. The van der Waals surface area contributed by atoms with E-state index < -0.39 is 0 Å². The lowest BCUT2D eigenvalue weighted by Gasteiger charge is -2.07. The van der Waals surface area contributed by atoms with Crippen molar-refractivity contribution in [2.24, 2.45) is 0 Å². The van der Waals surface area contributed by atoms with E-state index in [1.54, 1.807) is 12.4 Å². The maximum Gasteiger partial charge on any atom is 0.145 e. The first-order valence-electron chi connectivity index (χ1n) is 8.50. The molecule has 0 aliphatic rings. The SMILES string of the molecule is C(=C/COc1cccc2cccnc12)/COc1cccc2cccnc12. The molecule has 4 rings (SSSR count). The topological polar surface area (TPSA) is 44.2 Å². The molecular weight excluding hydrogens is 324 g/mol. The average molecular weight is 342 g/mol. The van der Waals surface area contributed by atoms with E-state index >= 15 is 0 Å². The van der Waals surface area contributed by atoms with E-state index in [1.165, 1.54) is 0 Å². The van der Waals surface area contributed by atoms with E-state index in [0.29, 0.717) is 13.2 Å². The fourth-order valence-corrected chi connectivity index (χ4v) is 2.80. The summed E-state index contributed by atoms with van der Waals surface area (Å²) in [6.07, 6.45) is 7.44. The van der Waals surface area contributed by atoms with Gasteiger partial charge in [-0.25, -0.2) is 0 Å². The number of pyridine rings is 2. The maximum atomic E-state index is 5.82. The van der Waals surface area contributed by atoms with E-state index in [9.17, 15) is 0 Å². The van der Waals surface area contributed by atoms with E-state index in [-0.39, 0.29) is 0 Å². The first-order chi connectivity index (χ1) is 12.9. The van der Waals surface area contributed by atoms with Gasteiger partial charge in [-0.15, -0.1) is 0 Å². The molecule has 0 aliphatic carbocycles. The van der Waals surface area contributed by atoms with Gasteiger partial charge in [0.15, 0.2) is 0 Å². The molecule has 0 saturated heterocycles. The highest BCUT2D eigenvalue weighted by Gasteiger charge is 2.02. The standard InChI is InChI=1S/C22H18N2O2/c1(15-25-19-11-3-7-17-9-5-13-23-21(17)19)2-16-26-20-12-4-8-18-10-6-14-24-22(18)20/h1-14H,15-16H2/b2-1-. The van der Waals surface area contributed by atoms with Crippen LogP contribution in [0.3, 0.4) is 0 Å². The van der Waals surface area contributed by atoms with Gasteiger partial charge in [0.2, 0.25) is 0 Å². The third-order valence-electron chi connectivity index (χ3n) is 4.03. The van der Waals surface area contributed by atoms with Crippen molar-refractivity contribution in [3.05, 3.63) is 85.2 Å². The number of hydrogen-bond donors (Lipinski definition) is 0. The molecule has 0 spiro atoms. The quantitative estimate of drug-likeness (QED) is 0.472. The monoisotopic (exact) mass is 342 g/mol. The molecule has 0 N–H and O–H groups in total. The summed E-state index contributed by atoms with van der Waals surface area (Å²) in [5, 5.41) is 2.14. The van der Waals surface area contributed by atoms with Crippen LogP contribution in [0.4, 0.5) is 0 Å². The Labute approximate surface area is 151 Å². The lowest BCUT2D eigenvalue weighted by atomic mass is 10.2. The Bertz CT molecular complexity index is 964. The van der Waals surface area contributed by atoms with Crippen molar-refractivity contribution in [1.29, 1.82) is 0 Å². The minimum Gasteiger partial charge on any atom is -0.487 e. The Morgan fingerprint density at radius 1 is 0.615 bits per heavy atom. The second kappa shape index (κ2) is 7.66. The second-order valence-electron chi connectivity index (χ2n) is 5.76. The molecule has 4 heteroatoms. The lowest BCUT2D eigenvalue weighted by Crippen LogP contribution is -1.98. The van der Waals surface area contributed by atoms with Gasteiger partial charge in [0.05, 0.1) is 0 Å². The van der Waals surface area contributed by atoms with Gasteiger partial charge in [-0.2, -0.15) is 0 Å². The Kier molecular flexibility index (Phi) is 4.74. The average Bonchev–Trinajstić information content (AvgIpc) is 2.71. The van der Waals surface area contributed by atoms with Crippen LogP contribution in [0.25, 0.3) is 21.8 Å². The highest BCUT2D eigenvalue weighted by Crippen LogP contribution is 2.23. The Morgan fingerprint density at radius 3 is 1.58 bits per heavy atom. The molecule has 0 radical (unpaired) electrons. The van der Waals surface area contributed by atoms with Crippen LogP contribution < -0.4 is 9.47 Å². The van der Waals surface area contributed by atoms with Crippen molar-refractivity contribution in [1.82, 2.24) is 9.97 Å². The molecule has 0 saturated carbocycles. The van der Waals surface area contributed by atoms with Crippen molar-refractivity contribution in [2.75, 3.05) is 13.2 Å². The zero-order valence-corrected chi connectivity index (χ0v) is 14.2. The molecule has 4 nitrogen and oxygen atoms in total. The van der Waals surface area contributed by atoms with Crippen LogP contribution in [-0.2, 0) is 0 Å². The predicted octanol–water partition coefficient (Wildman–Crippen LogP) is 4.80. The van der Waals surface area contributed by atoms with Gasteiger partial charge in [0, 0.05) is 23.2 Å². The summed E-state index contributed by atoms with van der Waals surface area (Å²) >= 11 is 0. The van der Waals surface area contributed by atoms with Gasteiger partial charge in [0.1, 0.15) is 35.7 Å². The predicted molar refractivity (Wildman–Crippen MR) is 104 cm³/mol. The number of nitrogens with zero attached hydrogens (tertiary/aromatic N) is 2. The molecule has 26 heavy (non-hydrogen) atoms. The number of hydrogen-bond acceptors (Lipinski definition) is 4.